The van der Waals surface area contributed by atoms with E-state index < -0.39 is 0 Å². The average molecular weight is 418 g/mol. The summed E-state index contributed by atoms with van der Waals surface area (Å²) in [5.74, 6) is 0.971. The molecule has 4 nitrogen and oxygen atoms in total. The van der Waals surface area contributed by atoms with Crippen LogP contribution < -0.4 is 4.74 Å². The predicted octanol–water partition coefficient (Wildman–Crippen LogP) is 5.65. The van der Waals surface area contributed by atoms with E-state index in [1.165, 1.54) is 19.3 Å². The molecule has 0 spiro atoms. The molecule has 1 saturated heterocycles. The van der Waals surface area contributed by atoms with Gasteiger partial charge in [0.25, 0.3) is 0 Å². The zero-order valence-corrected chi connectivity index (χ0v) is 18.4. The zero-order chi connectivity index (χ0) is 19.8. The molecule has 1 aliphatic heterocycles. The van der Waals surface area contributed by atoms with E-state index in [0.717, 1.165) is 25.3 Å². The van der Waals surface area contributed by atoms with Crippen molar-refractivity contribution < 1.29 is 14.2 Å². The van der Waals surface area contributed by atoms with Crippen molar-refractivity contribution in [1.29, 1.82) is 0 Å². The highest BCUT2D eigenvalue weighted by Crippen LogP contribution is 2.33. The molecule has 1 aromatic rings. The first-order valence-electron chi connectivity index (χ1n) is 10.0. The van der Waals surface area contributed by atoms with Crippen LogP contribution in [0.25, 0.3) is 0 Å². The highest BCUT2D eigenvalue weighted by atomic mass is 35.5. The fraction of sp³-hybridized carbons (Fsp3) is 0.714. The summed E-state index contributed by atoms with van der Waals surface area (Å²) in [6.07, 6.45) is 4.58. The van der Waals surface area contributed by atoms with Crippen LogP contribution in [0.2, 0.25) is 10.0 Å². The molecular formula is C21H33Cl2NO3. The van der Waals surface area contributed by atoms with Crippen molar-refractivity contribution in [3.63, 3.8) is 0 Å². The van der Waals surface area contributed by atoms with Crippen LogP contribution in [0, 0.1) is 5.92 Å². The largest absolute Gasteiger partial charge is 0.490 e. The fourth-order valence-corrected chi connectivity index (χ4v) is 4.15. The van der Waals surface area contributed by atoms with Crippen molar-refractivity contribution in [1.82, 2.24) is 4.90 Å². The SMILES string of the molecule is CCCCCN1CCC(C(C)Oc2ccc(Cl)c(Cl)c2)C(OCC)C1OC. The first-order chi connectivity index (χ1) is 13.0. The molecule has 1 fully saturated rings. The summed E-state index contributed by atoms with van der Waals surface area (Å²) >= 11 is 12.1. The molecule has 1 heterocycles. The number of methoxy groups -OCH3 is 1. The summed E-state index contributed by atoms with van der Waals surface area (Å²) in [5.41, 5.74) is 0. The highest BCUT2D eigenvalue weighted by molar-refractivity contribution is 6.42. The van der Waals surface area contributed by atoms with Crippen LogP contribution in [-0.4, -0.2) is 50.1 Å². The number of benzene rings is 1. The van der Waals surface area contributed by atoms with Crippen LogP contribution in [0.4, 0.5) is 0 Å². The predicted molar refractivity (Wildman–Crippen MR) is 112 cm³/mol. The van der Waals surface area contributed by atoms with Crippen molar-refractivity contribution in [3.8, 4) is 5.75 Å². The second-order valence-corrected chi connectivity index (χ2v) is 7.96. The normalized spacial score (nSPS) is 24.7. The van der Waals surface area contributed by atoms with Crippen molar-refractivity contribution in [2.45, 2.75) is 64.9 Å². The second kappa shape index (κ2) is 11.5. The van der Waals surface area contributed by atoms with Gasteiger partial charge >= 0.3 is 0 Å². The summed E-state index contributed by atoms with van der Waals surface area (Å²) in [5, 5.41) is 1.03. The Morgan fingerprint density at radius 2 is 1.96 bits per heavy atom. The Hall–Kier alpha value is -0.520. The Kier molecular flexibility index (Phi) is 9.67. The number of hydrogen-bond donors (Lipinski definition) is 0. The lowest BCUT2D eigenvalue weighted by atomic mass is 9.87. The van der Waals surface area contributed by atoms with E-state index in [-0.39, 0.29) is 24.4 Å². The minimum atomic E-state index is -0.0413. The van der Waals surface area contributed by atoms with Gasteiger partial charge in [0.05, 0.1) is 10.0 Å². The number of nitrogens with zero attached hydrogens (tertiary/aromatic N) is 1. The molecule has 0 radical (unpaired) electrons. The van der Waals surface area contributed by atoms with Crippen molar-refractivity contribution in [2.24, 2.45) is 5.92 Å². The molecule has 0 aromatic heterocycles. The molecule has 0 N–H and O–H groups in total. The van der Waals surface area contributed by atoms with Gasteiger partial charge in [-0.1, -0.05) is 43.0 Å². The minimum Gasteiger partial charge on any atom is -0.490 e. The van der Waals surface area contributed by atoms with Gasteiger partial charge in [-0.2, -0.15) is 0 Å². The van der Waals surface area contributed by atoms with Gasteiger partial charge in [-0.25, -0.2) is 0 Å². The average Bonchev–Trinajstić information content (AvgIpc) is 2.65. The number of hydrogen-bond acceptors (Lipinski definition) is 4. The number of halogens is 2. The molecule has 4 unspecified atom stereocenters. The van der Waals surface area contributed by atoms with Gasteiger partial charge in [0.15, 0.2) is 0 Å². The number of likely N-dealkylation sites (tertiary alicyclic amines) is 1. The van der Waals surface area contributed by atoms with Gasteiger partial charge in [-0.15, -0.1) is 0 Å². The number of piperidine rings is 1. The molecule has 154 valence electrons. The van der Waals surface area contributed by atoms with Gasteiger partial charge in [-0.05, 0) is 38.8 Å². The molecule has 0 saturated carbocycles. The maximum atomic E-state index is 6.20. The Balaban J connectivity index is 2.08. The van der Waals surface area contributed by atoms with Gasteiger partial charge in [-0.3, -0.25) is 4.90 Å². The fourth-order valence-electron chi connectivity index (χ4n) is 3.87. The van der Waals surface area contributed by atoms with Crippen LogP contribution in [0.5, 0.6) is 5.75 Å². The van der Waals surface area contributed by atoms with Gasteiger partial charge in [0.1, 0.15) is 24.2 Å². The Morgan fingerprint density at radius 1 is 1.19 bits per heavy atom. The molecule has 0 amide bonds. The molecule has 1 aliphatic rings. The third kappa shape index (κ3) is 6.23. The van der Waals surface area contributed by atoms with Crippen molar-refractivity contribution in [2.75, 3.05) is 26.8 Å². The van der Waals surface area contributed by atoms with E-state index in [4.69, 9.17) is 37.4 Å². The van der Waals surface area contributed by atoms with Gasteiger partial charge in [0.2, 0.25) is 0 Å². The van der Waals surface area contributed by atoms with E-state index >= 15 is 0 Å². The van der Waals surface area contributed by atoms with Crippen LogP contribution in [0.1, 0.15) is 46.5 Å². The Labute approximate surface area is 174 Å². The van der Waals surface area contributed by atoms with E-state index in [9.17, 15) is 0 Å². The number of rotatable bonds is 10. The number of unbranched alkanes of at least 4 members (excludes halogenated alkanes) is 2. The summed E-state index contributed by atoms with van der Waals surface area (Å²) in [6, 6.07) is 5.39. The Bertz CT molecular complexity index is 572. The molecule has 4 atom stereocenters. The van der Waals surface area contributed by atoms with Crippen LogP contribution >= 0.6 is 23.2 Å². The first kappa shape index (κ1) is 22.8. The maximum absolute atomic E-state index is 6.20. The van der Waals surface area contributed by atoms with Gasteiger partial charge < -0.3 is 14.2 Å². The first-order valence-corrected chi connectivity index (χ1v) is 10.8. The standard InChI is InChI=1S/C21H33Cl2NO3/c1-5-7-8-12-24-13-11-17(20(26-6-2)21(24)25-4)15(3)27-16-9-10-18(22)19(23)14-16/h9-10,14-15,17,20-21H,5-8,11-13H2,1-4H3. The third-order valence-corrected chi connectivity index (χ3v) is 6.02. The second-order valence-electron chi connectivity index (χ2n) is 7.14. The lowest BCUT2D eigenvalue weighted by molar-refractivity contribution is -0.183. The zero-order valence-electron chi connectivity index (χ0n) is 16.9. The highest BCUT2D eigenvalue weighted by Gasteiger charge is 2.42. The van der Waals surface area contributed by atoms with Crippen LogP contribution in [0.3, 0.4) is 0 Å². The topological polar surface area (TPSA) is 30.9 Å². The molecule has 0 aliphatic carbocycles. The van der Waals surface area contributed by atoms with E-state index in [1.54, 1.807) is 19.2 Å². The minimum absolute atomic E-state index is 0.0192. The summed E-state index contributed by atoms with van der Waals surface area (Å²) in [7, 11) is 1.77. The Morgan fingerprint density at radius 3 is 2.59 bits per heavy atom. The molecule has 2 rings (SSSR count). The molecule has 6 heteroatoms. The maximum Gasteiger partial charge on any atom is 0.137 e. The van der Waals surface area contributed by atoms with E-state index in [1.807, 2.05) is 13.0 Å². The molecule has 0 bridgehead atoms. The smallest absolute Gasteiger partial charge is 0.137 e. The summed E-state index contributed by atoms with van der Waals surface area (Å²) in [6.45, 7) is 9.05. The lowest BCUT2D eigenvalue weighted by Gasteiger charge is -2.45. The lowest BCUT2D eigenvalue weighted by Crippen LogP contribution is -2.57. The van der Waals surface area contributed by atoms with Crippen molar-refractivity contribution in [3.05, 3.63) is 28.2 Å². The summed E-state index contributed by atoms with van der Waals surface area (Å²) in [4.78, 5) is 2.42. The summed E-state index contributed by atoms with van der Waals surface area (Å²) < 4.78 is 18.2. The number of ether oxygens (including phenoxy) is 3. The van der Waals surface area contributed by atoms with Gasteiger partial charge in [0, 0.05) is 38.8 Å². The van der Waals surface area contributed by atoms with E-state index in [0.29, 0.717) is 16.7 Å². The third-order valence-electron chi connectivity index (χ3n) is 5.28. The molecule has 1 aromatic carbocycles. The molecule has 27 heavy (non-hydrogen) atoms. The monoisotopic (exact) mass is 417 g/mol. The van der Waals surface area contributed by atoms with Crippen LogP contribution in [-0.2, 0) is 9.47 Å². The van der Waals surface area contributed by atoms with E-state index in [2.05, 4.69) is 18.7 Å². The quantitative estimate of drug-likeness (QED) is 0.460. The van der Waals surface area contributed by atoms with Crippen molar-refractivity contribution >= 4 is 23.2 Å². The van der Waals surface area contributed by atoms with Crippen LogP contribution in [0.15, 0.2) is 18.2 Å². The molecular weight excluding hydrogens is 385 g/mol.